The molecule has 0 amide bonds. The summed E-state index contributed by atoms with van der Waals surface area (Å²) < 4.78 is 38.9. The number of aromatic nitrogens is 2. The van der Waals surface area contributed by atoms with Gasteiger partial charge in [0, 0.05) is 25.3 Å². The van der Waals surface area contributed by atoms with Crippen molar-refractivity contribution in [1.29, 1.82) is 0 Å². The first-order valence-electron chi connectivity index (χ1n) is 7.06. The molecule has 2 rings (SSSR count). The van der Waals surface area contributed by atoms with E-state index >= 15 is 0 Å². The molecule has 1 aromatic heterocycles. The molecule has 1 aromatic rings. The van der Waals surface area contributed by atoms with E-state index in [0.29, 0.717) is 31.9 Å². The molecule has 136 valence electrons. The molecule has 1 atom stereocenters. The fourth-order valence-electron chi connectivity index (χ4n) is 2.48. The summed E-state index contributed by atoms with van der Waals surface area (Å²) in [6, 6.07) is 1.04. The SMILES string of the molecule is Cc1cc(C(F)(F)F)nn1CCNCC1(O)CCCNC1.Cl.Cl. The molecule has 0 aliphatic carbocycles. The normalized spacial score (nSPS) is 21.4. The summed E-state index contributed by atoms with van der Waals surface area (Å²) >= 11 is 0. The molecule has 1 saturated heterocycles. The number of alkyl halides is 3. The van der Waals surface area contributed by atoms with Crippen LogP contribution in [0.15, 0.2) is 6.07 Å². The van der Waals surface area contributed by atoms with Crippen LogP contribution in [0.4, 0.5) is 13.2 Å². The molecule has 2 heterocycles. The number of hydrogen-bond acceptors (Lipinski definition) is 4. The van der Waals surface area contributed by atoms with Gasteiger partial charge in [0.15, 0.2) is 5.69 Å². The van der Waals surface area contributed by atoms with Crippen molar-refractivity contribution in [3.05, 3.63) is 17.5 Å². The van der Waals surface area contributed by atoms with Gasteiger partial charge >= 0.3 is 6.18 Å². The zero-order valence-electron chi connectivity index (χ0n) is 12.8. The van der Waals surface area contributed by atoms with E-state index in [-0.39, 0.29) is 24.8 Å². The third-order valence-electron chi connectivity index (χ3n) is 3.68. The van der Waals surface area contributed by atoms with E-state index in [4.69, 9.17) is 0 Å². The van der Waals surface area contributed by atoms with E-state index in [1.807, 2.05) is 0 Å². The summed E-state index contributed by atoms with van der Waals surface area (Å²) in [6.07, 6.45) is -2.76. The van der Waals surface area contributed by atoms with Gasteiger partial charge in [0.1, 0.15) is 0 Å². The van der Waals surface area contributed by atoms with Gasteiger partial charge in [0.05, 0.1) is 12.1 Å². The van der Waals surface area contributed by atoms with Gasteiger partial charge in [-0.1, -0.05) is 0 Å². The smallest absolute Gasteiger partial charge is 0.387 e. The van der Waals surface area contributed by atoms with Crippen LogP contribution in [0, 0.1) is 6.92 Å². The van der Waals surface area contributed by atoms with Gasteiger partial charge < -0.3 is 15.7 Å². The molecule has 1 fully saturated rings. The van der Waals surface area contributed by atoms with Crippen molar-refractivity contribution in [3.8, 4) is 0 Å². The molecular weight excluding hydrogens is 356 g/mol. The van der Waals surface area contributed by atoms with Gasteiger partial charge in [-0.25, -0.2) is 0 Å². The fraction of sp³-hybridized carbons (Fsp3) is 0.769. The van der Waals surface area contributed by atoms with Gasteiger partial charge in [-0.05, 0) is 32.4 Å². The highest BCUT2D eigenvalue weighted by molar-refractivity contribution is 5.85. The lowest BCUT2D eigenvalue weighted by atomic mass is 9.94. The van der Waals surface area contributed by atoms with Crippen LogP contribution in [0.1, 0.15) is 24.2 Å². The Morgan fingerprint density at radius 1 is 1.43 bits per heavy atom. The third kappa shape index (κ3) is 6.46. The van der Waals surface area contributed by atoms with Crippen molar-refractivity contribution >= 4 is 24.8 Å². The van der Waals surface area contributed by atoms with Crippen molar-refractivity contribution in [2.75, 3.05) is 26.2 Å². The van der Waals surface area contributed by atoms with Crippen LogP contribution in [0.2, 0.25) is 0 Å². The highest BCUT2D eigenvalue weighted by Crippen LogP contribution is 2.28. The third-order valence-corrected chi connectivity index (χ3v) is 3.68. The number of aryl methyl sites for hydroxylation is 1. The standard InChI is InChI=1S/C13H21F3N4O.2ClH/c1-10-7-11(13(14,15)16)19-20(10)6-5-18-9-12(21)3-2-4-17-8-12;;/h7,17-18,21H,2-6,8-9H2,1H3;2*1H. The first kappa shape index (κ1) is 22.5. The Bertz CT molecular complexity index is 476. The van der Waals surface area contributed by atoms with E-state index < -0.39 is 17.5 Å². The van der Waals surface area contributed by atoms with Gasteiger partial charge in [-0.15, -0.1) is 24.8 Å². The molecule has 1 unspecified atom stereocenters. The lowest BCUT2D eigenvalue weighted by Gasteiger charge is -2.32. The number of rotatable bonds is 5. The second kappa shape index (κ2) is 9.08. The minimum absolute atomic E-state index is 0. The first-order valence-corrected chi connectivity index (χ1v) is 7.06. The fourth-order valence-corrected chi connectivity index (χ4v) is 2.48. The summed E-state index contributed by atoms with van der Waals surface area (Å²) in [4.78, 5) is 0. The van der Waals surface area contributed by atoms with E-state index in [9.17, 15) is 18.3 Å². The lowest BCUT2D eigenvalue weighted by Crippen LogP contribution is -2.52. The zero-order valence-corrected chi connectivity index (χ0v) is 14.5. The topological polar surface area (TPSA) is 62.1 Å². The molecule has 0 bridgehead atoms. The Labute approximate surface area is 145 Å². The molecule has 1 aliphatic rings. The predicted octanol–water partition coefficient (Wildman–Crippen LogP) is 1.76. The van der Waals surface area contributed by atoms with Crippen LogP contribution in [0.25, 0.3) is 0 Å². The van der Waals surface area contributed by atoms with Crippen LogP contribution >= 0.6 is 24.8 Å². The summed E-state index contributed by atoms with van der Waals surface area (Å²) in [5.41, 5.74) is -1.16. The molecule has 0 saturated carbocycles. The van der Waals surface area contributed by atoms with Crippen LogP contribution in [-0.4, -0.2) is 46.7 Å². The molecule has 23 heavy (non-hydrogen) atoms. The van der Waals surface area contributed by atoms with Gasteiger partial charge in [-0.3, -0.25) is 4.68 Å². The average Bonchev–Trinajstić information content (AvgIpc) is 2.77. The number of aliphatic hydroxyl groups is 1. The minimum Gasteiger partial charge on any atom is -0.387 e. The van der Waals surface area contributed by atoms with Gasteiger partial charge in [-0.2, -0.15) is 18.3 Å². The maximum atomic E-state index is 12.5. The Kier molecular flexibility index (Phi) is 8.86. The number of nitrogens with zero attached hydrogens (tertiary/aromatic N) is 2. The largest absolute Gasteiger partial charge is 0.435 e. The summed E-state index contributed by atoms with van der Waals surface area (Å²) in [6.45, 7) is 4.27. The summed E-state index contributed by atoms with van der Waals surface area (Å²) in [7, 11) is 0. The number of β-amino-alcohol motifs (C(OH)–C–C–N with tert-alkyl or cyclic N) is 1. The van der Waals surface area contributed by atoms with Crippen molar-refractivity contribution in [3.63, 3.8) is 0 Å². The molecule has 10 heteroatoms. The average molecular weight is 379 g/mol. The second-order valence-corrected chi connectivity index (χ2v) is 5.57. The Morgan fingerprint density at radius 3 is 2.65 bits per heavy atom. The molecule has 0 radical (unpaired) electrons. The summed E-state index contributed by atoms with van der Waals surface area (Å²) in [5, 5.41) is 20.0. The van der Waals surface area contributed by atoms with E-state index in [0.717, 1.165) is 25.5 Å². The van der Waals surface area contributed by atoms with Crippen LogP contribution in [-0.2, 0) is 12.7 Å². The van der Waals surface area contributed by atoms with Crippen LogP contribution in [0.3, 0.4) is 0 Å². The molecule has 3 N–H and O–H groups in total. The van der Waals surface area contributed by atoms with Crippen LogP contribution in [0.5, 0.6) is 0 Å². The minimum atomic E-state index is -4.41. The number of halogens is 5. The Hall–Kier alpha value is -0.540. The first-order chi connectivity index (χ1) is 9.80. The molecule has 0 aromatic carbocycles. The molecule has 0 spiro atoms. The van der Waals surface area contributed by atoms with Crippen molar-refractivity contribution < 1.29 is 18.3 Å². The quantitative estimate of drug-likeness (QED) is 0.683. The zero-order chi connectivity index (χ0) is 15.5. The van der Waals surface area contributed by atoms with Gasteiger partial charge in [0.2, 0.25) is 0 Å². The maximum absolute atomic E-state index is 12.5. The van der Waals surface area contributed by atoms with E-state index in [1.165, 1.54) is 4.68 Å². The second-order valence-electron chi connectivity index (χ2n) is 5.57. The number of piperidine rings is 1. The molecule has 5 nitrogen and oxygen atoms in total. The monoisotopic (exact) mass is 378 g/mol. The maximum Gasteiger partial charge on any atom is 0.435 e. The highest BCUT2D eigenvalue weighted by Gasteiger charge is 2.34. The summed E-state index contributed by atoms with van der Waals surface area (Å²) in [5.74, 6) is 0. The Morgan fingerprint density at radius 2 is 2.13 bits per heavy atom. The molecular formula is C13H23Cl2F3N4O. The van der Waals surface area contributed by atoms with Crippen molar-refractivity contribution in [1.82, 2.24) is 20.4 Å². The van der Waals surface area contributed by atoms with E-state index in [2.05, 4.69) is 15.7 Å². The number of hydrogen-bond donors (Lipinski definition) is 3. The predicted molar refractivity (Wildman–Crippen MR) is 86.4 cm³/mol. The van der Waals surface area contributed by atoms with Crippen LogP contribution < -0.4 is 10.6 Å². The van der Waals surface area contributed by atoms with Gasteiger partial charge in [0.25, 0.3) is 0 Å². The van der Waals surface area contributed by atoms with E-state index in [1.54, 1.807) is 6.92 Å². The molecule has 1 aliphatic heterocycles. The number of nitrogens with one attached hydrogen (secondary N) is 2. The van der Waals surface area contributed by atoms with Crippen molar-refractivity contribution in [2.24, 2.45) is 0 Å². The Balaban J connectivity index is 0.00000242. The lowest BCUT2D eigenvalue weighted by molar-refractivity contribution is -0.141. The van der Waals surface area contributed by atoms with Crippen molar-refractivity contribution in [2.45, 2.75) is 38.1 Å². The highest BCUT2D eigenvalue weighted by atomic mass is 35.5.